The van der Waals surface area contributed by atoms with E-state index in [9.17, 15) is 9.59 Å². The van der Waals surface area contributed by atoms with E-state index < -0.39 is 0 Å². The standard InChI is InChI=1S/C19H17N3O3S/c1-25-14-8-6-13(7-9-14)12-17(23)21-16-5-3-2-4-15(16)18(24)22-19-20-10-11-26-19/h2-11H,12H2,1H3,(H,21,23)(H,20,22,24). The number of carbonyl (C=O) groups is 2. The number of methoxy groups -OCH3 is 1. The van der Waals surface area contributed by atoms with Gasteiger partial charge >= 0.3 is 0 Å². The van der Waals surface area contributed by atoms with Crippen LogP contribution in [-0.2, 0) is 11.2 Å². The molecule has 1 aromatic heterocycles. The van der Waals surface area contributed by atoms with Gasteiger partial charge in [-0.1, -0.05) is 24.3 Å². The zero-order valence-corrected chi connectivity index (χ0v) is 14.9. The van der Waals surface area contributed by atoms with E-state index in [1.54, 1.807) is 55.1 Å². The fraction of sp³-hybridized carbons (Fsp3) is 0.105. The number of hydrogen-bond donors (Lipinski definition) is 2. The topological polar surface area (TPSA) is 80.3 Å². The van der Waals surface area contributed by atoms with Gasteiger partial charge in [0.25, 0.3) is 5.91 Å². The van der Waals surface area contributed by atoms with Crippen molar-refractivity contribution < 1.29 is 14.3 Å². The highest BCUT2D eigenvalue weighted by Gasteiger charge is 2.14. The predicted octanol–water partition coefficient (Wildman–Crippen LogP) is 3.59. The summed E-state index contributed by atoms with van der Waals surface area (Å²) in [4.78, 5) is 28.8. The fourth-order valence-corrected chi connectivity index (χ4v) is 2.89. The number of rotatable bonds is 6. The first-order chi connectivity index (χ1) is 12.7. The van der Waals surface area contributed by atoms with Crippen LogP contribution in [0.3, 0.4) is 0 Å². The molecule has 2 N–H and O–H groups in total. The summed E-state index contributed by atoms with van der Waals surface area (Å²) in [6, 6.07) is 14.1. The zero-order valence-electron chi connectivity index (χ0n) is 14.1. The summed E-state index contributed by atoms with van der Waals surface area (Å²) in [6.07, 6.45) is 1.81. The van der Waals surface area contributed by atoms with E-state index in [1.165, 1.54) is 11.3 Å². The second-order valence-electron chi connectivity index (χ2n) is 5.41. The Morgan fingerprint density at radius 2 is 1.85 bits per heavy atom. The molecule has 0 aliphatic rings. The van der Waals surface area contributed by atoms with Gasteiger partial charge in [0.1, 0.15) is 5.75 Å². The first-order valence-electron chi connectivity index (χ1n) is 7.88. The molecule has 7 heteroatoms. The number of hydrogen-bond acceptors (Lipinski definition) is 5. The number of ether oxygens (including phenoxy) is 1. The number of thiazole rings is 1. The molecule has 132 valence electrons. The van der Waals surface area contributed by atoms with Crippen LogP contribution in [0.15, 0.2) is 60.1 Å². The third-order valence-corrected chi connectivity index (χ3v) is 4.31. The van der Waals surface area contributed by atoms with Crippen LogP contribution >= 0.6 is 11.3 Å². The summed E-state index contributed by atoms with van der Waals surface area (Å²) in [5, 5.41) is 7.80. The first kappa shape index (κ1) is 17.6. The van der Waals surface area contributed by atoms with E-state index in [1.807, 2.05) is 12.1 Å². The highest BCUT2D eigenvalue weighted by Crippen LogP contribution is 2.19. The van der Waals surface area contributed by atoms with Gasteiger partial charge in [0.2, 0.25) is 5.91 Å². The van der Waals surface area contributed by atoms with Crippen molar-refractivity contribution in [1.82, 2.24) is 4.98 Å². The number of para-hydroxylation sites is 1. The molecule has 0 saturated carbocycles. The lowest BCUT2D eigenvalue weighted by atomic mass is 10.1. The van der Waals surface area contributed by atoms with Crippen LogP contribution < -0.4 is 15.4 Å². The van der Waals surface area contributed by atoms with Gasteiger partial charge in [-0.15, -0.1) is 11.3 Å². The van der Waals surface area contributed by atoms with Gasteiger partial charge in [0.15, 0.2) is 5.13 Å². The summed E-state index contributed by atoms with van der Waals surface area (Å²) < 4.78 is 5.11. The largest absolute Gasteiger partial charge is 0.497 e. The lowest BCUT2D eigenvalue weighted by molar-refractivity contribution is -0.115. The Bertz CT molecular complexity index is 893. The maximum atomic E-state index is 12.4. The number of anilines is 2. The minimum absolute atomic E-state index is 0.201. The average Bonchev–Trinajstić information content (AvgIpc) is 3.15. The number of benzene rings is 2. The van der Waals surface area contributed by atoms with Crippen molar-refractivity contribution in [2.24, 2.45) is 0 Å². The molecular weight excluding hydrogens is 350 g/mol. The molecule has 0 atom stereocenters. The van der Waals surface area contributed by atoms with E-state index >= 15 is 0 Å². The molecule has 0 bridgehead atoms. The maximum absolute atomic E-state index is 12.4. The number of aromatic nitrogens is 1. The first-order valence-corrected chi connectivity index (χ1v) is 8.76. The maximum Gasteiger partial charge on any atom is 0.259 e. The highest BCUT2D eigenvalue weighted by molar-refractivity contribution is 7.13. The van der Waals surface area contributed by atoms with Crippen molar-refractivity contribution >= 4 is 34.0 Å². The summed E-state index contributed by atoms with van der Waals surface area (Å²) in [6.45, 7) is 0. The minimum Gasteiger partial charge on any atom is -0.497 e. The molecule has 0 fully saturated rings. The Morgan fingerprint density at radius 1 is 1.08 bits per heavy atom. The van der Waals surface area contributed by atoms with Gasteiger partial charge in [-0.05, 0) is 29.8 Å². The van der Waals surface area contributed by atoms with Crippen LogP contribution in [0.4, 0.5) is 10.8 Å². The summed E-state index contributed by atoms with van der Waals surface area (Å²) in [5.74, 6) is 0.211. The van der Waals surface area contributed by atoms with Crippen LogP contribution in [0.5, 0.6) is 5.75 Å². The van der Waals surface area contributed by atoms with Gasteiger partial charge < -0.3 is 10.1 Å². The number of amides is 2. The van der Waals surface area contributed by atoms with Gasteiger partial charge in [0.05, 0.1) is 24.8 Å². The van der Waals surface area contributed by atoms with Gasteiger partial charge in [-0.3, -0.25) is 14.9 Å². The lowest BCUT2D eigenvalue weighted by Gasteiger charge is -2.11. The van der Waals surface area contributed by atoms with E-state index in [0.29, 0.717) is 16.4 Å². The van der Waals surface area contributed by atoms with Crippen LogP contribution in [0.25, 0.3) is 0 Å². The second kappa shape index (κ2) is 8.26. The highest BCUT2D eigenvalue weighted by atomic mass is 32.1. The van der Waals surface area contributed by atoms with Crippen molar-refractivity contribution in [1.29, 1.82) is 0 Å². The van der Waals surface area contributed by atoms with E-state index in [0.717, 1.165) is 11.3 Å². The van der Waals surface area contributed by atoms with Crippen LogP contribution in [0.1, 0.15) is 15.9 Å². The van der Waals surface area contributed by atoms with Gasteiger partial charge in [-0.25, -0.2) is 4.98 Å². The third kappa shape index (κ3) is 4.46. The van der Waals surface area contributed by atoms with Crippen molar-refractivity contribution in [3.05, 3.63) is 71.2 Å². The van der Waals surface area contributed by atoms with Crippen LogP contribution in [0, 0.1) is 0 Å². The molecule has 2 amide bonds. The fourth-order valence-electron chi connectivity index (χ4n) is 2.36. The molecule has 26 heavy (non-hydrogen) atoms. The Hall–Kier alpha value is -3.19. The smallest absolute Gasteiger partial charge is 0.259 e. The van der Waals surface area contributed by atoms with Crippen molar-refractivity contribution in [3.63, 3.8) is 0 Å². The van der Waals surface area contributed by atoms with Crippen molar-refractivity contribution in [3.8, 4) is 5.75 Å². The molecule has 0 aliphatic heterocycles. The van der Waals surface area contributed by atoms with Crippen LogP contribution in [-0.4, -0.2) is 23.9 Å². The third-order valence-electron chi connectivity index (χ3n) is 3.62. The Labute approximate surface area is 154 Å². The molecule has 0 unspecified atom stereocenters. The van der Waals surface area contributed by atoms with Crippen molar-refractivity contribution in [2.75, 3.05) is 17.7 Å². The quantitative estimate of drug-likeness (QED) is 0.698. The molecular formula is C19H17N3O3S. The number of carbonyl (C=O) groups excluding carboxylic acids is 2. The number of nitrogens with one attached hydrogen (secondary N) is 2. The molecule has 0 aliphatic carbocycles. The average molecular weight is 367 g/mol. The normalized spacial score (nSPS) is 10.2. The van der Waals surface area contributed by atoms with Gasteiger partial charge in [0, 0.05) is 11.6 Å². The molecule has 0 radical (unpaired) electrons. The molecule has 2 aromatic carbocycles. The predicted molar refractivity (Wildman–Crippen MR) is 102 cm³/mol. The SMILES string of the molecule is COc1ccc(CC(=O)Nc2ccccc2C(=O)Nc2nccs2)cc1. The molecule has 0 spiro atoms. The summed E-state index contributed by atoms with van der Waals surface area (Å²) >= 11 is 1.33. The monoisotopic (exact) mass is 367 g/mol. The molecule has 3 aromatic rings. The minimum atomic E-state index is -0.319. The van der Waals surface area contributed by atoms with E-state index in [4.69, 9.17) is 4.74 Å². The number of nitrogens with zero attached hydrogens (tertiary/aromatic N) is 1. The van der Waals surface area contributed by atoms with E-state index in [2.05, 4.69) is 15.6 Å². The molecule has 1 heterocycles. The lowest BCUT2D eigenvalue weighted by Crippen LogP contribution is -2.19. The Kier molecular flexibility index (Phi) is 5.60. The molecule has 0 saturated heterocycles. The molecule has 6 nitrogen and oxygen atoms in total. The van der Waals surface area contributed by atoms with Crippen LogP contribution in [0.2, 0.25) is 0 Å². The van der Waals surface area contributed by atoms with Gasteiger partial charge in [-0.2, -0.15) is 0 Å². The zero-order chi connectivity index (χ0) is 18.4. The van der Waals surface area contributed by atoms with Crippen molar-refractivity contribution in [2.45, 2.75) is 6.42 Å². The summed E-state index contributed by atoms with van der Waals surface area (Å²) in [7, 11) is 1.59. The Balaban J connectivity index is 1.68. The van der Waals surface area contributed by atoms with E-state index in [-0.39, 0.29) is 18.2 Å². The second-order valence-corrected chi connectivity index (χ2v) is 6.30. The summed E-state index contributed by atoms with van der Waals surface area (Å²) in [5.41, 5.74) is 1.69. The Morgan fingerprint density at radius 3 is 2.54 bits per heavy atom. The molecule has 3 rings (SSSR count).